The van der Waals surface area contributed by atoms with Crippen LogP contribution in [-0.4, -0.2) is 63.3 Å². The number of carbonyl (C=O) groups excluding carboxylic acids is 1. The summed E-state index contributed by atoms with van der Waals surface area (Å²) < 4.78 is 5.40. The fourth-order valence-electron chi connectivity index (χ4n) is 5.05. The normalized spacial score (nSPS) is 25.7. The van der Waals surface area contributed by atoms with Crippen LogP contribution >= 0.6 is 11.6 Å². The van der Waals surface area contributed by atoms with Crippen molar-refractivity contribution >= 4 is 23.2 Å². The molecular formula is C24H28ClN3O2. The lowest BCUT2D eigenvalue weighted by molar-refractivity contribution is -0.120. The Hall–Kier alpha value is -1.92. The van der Waals surface area contributed by atoms with Gasteiger partial charge in [0.15, 0.2) is 0 Å². The van der Waals surface area contributed by atoms with Crippen LogP contribution in [0.3, 0.4) is 0 Å². The van der Waals surface area contributed by atoms with E-state index in [0.29, 0.717) is 6.54 Å². The summed E-state index contributed by atoms with van der Waals surface area (Å²) in [5.41, 5.74) is 3.07. The van der Waals surface area contributed by atoms with Gasteiger partial charge in [0.1, 0.15) is 0 Å². The maximum Gasteiger partial charge on any atom is 0.238 e. The summed E-state index contributed by atoms with van der Waals surface area (Å²) in [6.07, 6.45) is 0.880. The Kier molecular flexibility index (Phi) is 5.54. The molecule has 2 heterocycles. The highest BCUT2D eigenvalue weighted by molar-refractivity contribution is 6.30. The lowest BCUT2D eigenvalue weighted by Gasteiger charge is -2.26. The van der Waals surface area contributed by atoms with Gasteiger partial charge in [0, 0.05) is 55.9 Å². The molecule has 0 radical (unpaired) electrons. The molecule has 5 nitrogen and oxygen atoms in total. The van der Waals surface area contributed by atoms with Gasteiger partial charge < -0.3 is 15.0 Å². The van der Waals surface area contributed by atoms with E-state index in [4.69, 9.17) is 16.3 Å². The van der Waals surface area contributed by atoms with E-state index in [9.17, 15) is 4.79 Å². The summed E-state index contributed by atoms with van der Waals surface area (Å²) in [7, 11) is 0. The fourth-order valence-corrected chi connectivity index (χ4v) is 5.17. The van der Waals surface area contributed by atoms with E-state index < -0.39 is 5.41 Å². The molecule has 2 aromatic carbocycles. The third-order valence-electron chi connectivity index (χ3n) is 6.76. The summed E-state index contributed by atoms with van der Waals surface area (Å²) >= 11 is 6.06. The summed E-state index contributed by atoms with van der Waals surface area (Å²) in [5, 5.41) is 4.25. The van der Waals surface area contributed by atoms with Crippen molar-refractivity contribution in [3.8, 4) is 0 Å². The zero-order chi connectivity index (χ0) is 20.6. The van der Waals surface area contributed by atoms with Gasteiger partial charge in [-0.2, -0.15) is 0 Å². The van der Waals surface area contributed by atoms with E-state index in [1.807, 2.05) is 23.1 Å². The smallest absolute Gasteiger partial charge is 0.238 e. The molecule has 1 saturated heterocycles. The maximum atomic E-state index is 13.6. The molecule has 2 aliphatic heterocycles. The Morgan fingerprint density at radius 2 is 1.77 bits per heavy atom. The standard InChI is InChI=1S/C24H28ClN3O2/c25-19-7-5-18(6-8-19)21-17-24(21)20-3-1-2-4-22(20)28(23(24)29)12-10-26-9-11-27-13-15-30-16-14-27/h1-8,21,26H,9-17H2/t21-,24-/m1/s1. The summed E-state index contributed by atoms with van der Waals surface area (Å²) in [4.78, 5) is 18.0. The van der Waals surface area contributed by atoms with Crippen LogP contribution in [0.25, 0.3) is 0 Å². The van der Waals surface area contributed by atoms with Crippen LogP contribution in [0, 0.1) is 0 Å². The Balaban J connectivity index is 1.23. The Labute approximate surface area is 182 Å². The predicted octanol–water partition coefficient (Wildman–Crippen LogP) is 3.03. The number of hydrogen-bond donors (Lipinski definition) is 1. The van der Waals surface area contributed by atoms with Gasteiger partial charge in [0.2, 0.25) is 5.91 Å². The van der Waals surface area contributed by atoms with Crippen molar-refractivity contribution in [3.63, 3.8) is 0 Å². The zero-order valence-corrected chi connectivity index (χ0v) is 17.9. The van der Waals surface area contributed by atoms with Gasteiger partial charge in [-0.1, -0.05) is 41.9 Å². The number of nitrogens with one attached hydrogen (secondary N) is 1. The second kappa shape index (κ2) is 8.31. The number of rotatable bonds is 7. The highest BCUT2D eigenvalue weighted by atomic mass is 35.5. The van der Waals surface area contributed by atoms with Gasteiger partial charge in [-0.25, -0.2) is 0 Å². The molecule has 3 aliphatic rings. The van der Waals surface area contributed by atoms with Crippen LogP contribution in [0.5, 0.6) is 0 Å². The molecule has 158 valence electrons. The Morgan fingerprint density at radius 1 is 1.03 bits per heavy atom. The first-order chi connectivity index (χ1) is 14.7. The minimum atomic E-state index is -0.391. The van der Waals surface area contributed by atoms with Gasteiger partial charge in [0.25, 0.3) is 0 Å². The summed E-state index contributed by atoms with van der Waals surface area (Å²) in [6, 6.07) is 16.3. The van der Waals surface area contributed by atoms with Gasteiger partial charge in [-0.15, -0.1) is 0 Å². The van der Waals surface area contributed by atoms with E-state index in [2.05, 4.69) is 40.5 Å². The molecule has 30 heavy (non-hydrogen) atoms. The van der Waals surface area contributed by atoms with Crippen LogP contribution in [0.15, 0.2) is 48.5 Å². The number of anilines is 1. The molecule has 6 heteroatoms. The number of ether oxygens (including phenoxy) is 1. The Morgan fingerprint density at radius 3 is 2.57 bits per heavy atom. The molecule has 1 N–H and O–H groups in total. The van der Waals surface area contributed by atoms with Crippen LogP contribution in [-0.2, 0) is 14.9 Å². The molecule has 1 aliphatic carbocycles. The molecule has 0 unspecified atom stereocenters. The highest BCUT2D eigenvalue weighted by Gasteiger charge is 2.66. The van der Waals surface area contributed by atoms with Gasteiger partial charge >= 0.3 is 0 Å². The number of hydrogen-bond acceptors (Lipinski definition) is 4. The summed E-state index contributed by atoms with van der Waals surface area (Å²) in [5.74, 6) is 0.487. The van der Waals surface area contributed by atoms with Crippen LogP contribution in [0.4, 0.5) is 5.69 Å². The third kappa shape index (κ3) is 3.54. The van der Waals surface area contributed by atoms with Crippen molar-refractivity contribution in [1.82, 2.24) is 10.2 Å². The minimum Gasteiger partial charge on any atom is -0.379 e. The molecule has 0 bridgehead atoms. The lowest BCUT2D eigenvalue weighted by Crippen LogP contribution is -2.42. The van der Waals surface area contributed by atoms with Crippen molar-refractivity contribution in [2.24, 2.45) is 0 Å². The van der Waals surface area contributed by atoms with Gasteiger partial charge in [-0.05, 0) is 35.7 Å². The number of amides is 1. The number of fused-ring (bicyclic) bond motifs is 2. The fraction of sp³-hybridized carbons (Fsp3) is 0.458. The van der Waals surface area contributed by atoms with E-state index in [0.717, 1.165) is 63.1 Å². The molecule has 2 atom stereocenters. The van der Waals surface area contributed by atoms with Crippen molar-refractivity contribution < 1.29 is 9.53 Å². The van der Waals surface area contributed by atoms with E-state index in [1.165, 1.54) is 11.1 Å². The third-order valence-corrected chi connectivity index (χ3v) is 7.01. The number of halogens is 1. The Bertz CT molecular complexity index is 913. The quantitative estimate of drug-likeness (QED) is 0.692. The molecule has 1 saturated carbocycles. The second-order valence-corrected chi connectivity index (χ2v) is 8.89. The van der Waals surface area contributed by atoms with Gasteiger partial charge in [-0.3, -0.25) is 9.69 Å². The van der Waals surface area contributed by atoms with E-state index in [1.54, 1.807) is 0 Å². The number of nitrogens with zero attached hydrogens (tertiary/aromatic N) is 2. The van der Waals surface area contributed by atoms with Crippen molar-refractivity contribution in [2.75, 3.05) is 57.4 Å². The van der Waals surface area contributed by atoms with E-state index >= 15 is 0 Å². The molecule has 2 aromatic rings. The number of para-hydroxylation sites is 1. The zero-order valence-electron chi connectivity index (χ0n) is 17.1. The number of benzene rings is 2. The van der Waals surface area contributed by atoms with Crippen LogP contribution in [0.1, 0.15) is 23.5 Å². The highest BCUT2D eigenvalue weighted by Crippen LogP contribution is 2.66. The average molecular weight is 426 g/mol. The SMILES string of the molecule is O=C1N(CCNCCN2CCOCC2)c2ccccc2[C@@]12C[C@@H]2c1ccc(Cl)cc1. The minimum absolute atomic E-state index is 0.239. The second-order valence-electron chi connectivity index (χ2n) is 8.46. The van der Waals surface area contributed by atoms with E-state index in [-0.39, 0.29) is 11.8 Å². The van der Waals surface area contributed by atoms with Crippen molar-refractivity contribution in [3.05, 3.63) is 64.7 Å². The maximum absolute atomic E-state index is 13.6. The first-order valence-electron chi connectivity index (χ1n) is 10.9. The molecular weight excluding hydrogens is 398 g/mol. The first-order valence-corrected chi connectivity index (χ1v) is 11.3. The van der Waals surface area contributed by atoms with Crippen LogP contribution in [0.2, 0.25) is 5.02 Å². The van der Waals surface area contributed by atoms with Crippen LogP contribution < -0.4 is 10.2 Å². The average Bonchev–Trinajstić information content (AvgIpc) is 3.49. The van der Waals surface area contributed by atoms with Gasteiger partial charge in [0.05, 0.1) is 18.6 Å². The number of carbonyl (C=O) groups is 1. The number of morpholine rings is 1. The topological polar surface area (TPSA) is 44.8 Å². The monoisotopic (exact) mass is 425 g/mol. The molecule has 2 fully saturated rings. The van der Waals surface area contributed by atoms with Crippen molar-refractivity contribution in [2.45, 2.75) is 17.8 Å². The molecule has 5 rings (SSSR count). The van der Waals surface area contributed by atoms with Crippen molar-refractivity contribution in [1.29, 1.82) is 0 Å². The first kappa shape index (κ1) is 20.0. The largest absolute Gasteiger partial charge is 0.379 e. The lowest BCUT2D eigenvalue weighted by atomic mass is 9.92. The molecule has 1 amide bonds. The molecule has 1 spiro atoms. The summed E-state index contributed by atoms with van der Waals surface area (Å²) in [6.45, 7) is 7.13. The molecule has 0 aromatic heterocycles. The predicted molar refractivity (Wildman–Crippen MR) is 119 cm³/mol.